The van der Waals surface area contributed by atoms with Gasteiger partial charge in [-0.2, -0.15) is 14.8 Å². The zero-order valence-electron chi connectivity index (χ0n) is 8.10. The fourth-order valence-electron chi connectivity index (χ4n) is 1.26. The molecule has 0 saturated carbocycles. The first kappa shape index (κ1) is 9.21. The normalized spacial score (nSPS) is 10.1. The third-order valence-electron chi connectivity index (χ3n) is 1.84. The lowest BCUT2D eigenvalue weighted by Gasteiger charge is -2.04. The Balaban J connectivity index is 2.72. The lowest BCUT2D eigenvalue weighted by Crippen LogP contribution is -2.08. The van der Waals surface area contributed by atoms with E-state index in [9.17, 15) is 0 Å². The molecule has 0 spiro atoms. The molecule has 7 nitrogen and oxygen atoms in total. The molecular formula is C8H9N7. The molecule has 2 aromatic rings. The van der Waals surface area contributed by atoms with Crippen molar-refractivity contribution < 1.29 is 0 Å². The molecule has 0 fully saturated rings. The SMILES string of the molecule is CCNc1nc(N)nn2c(C#N)cnc12. The Bertz CT molecular complexity index is 536. The van der Waals surface area contributed by atoms with Gasteiger partial charge in [-0.15, -0.1) is 5.10 Å². The van der Waals surface area contributed by atoms with Crippen LogP contribution in [0, 0.1) is 11.3 Å². The van der Waals surface area contributed by atoms with Crippen LogP contribution in [0.5, 0.6) is 0 Å². The highest BCUT2D eigenvalue weighted by molar-refractivity contribution is 5.64. The fraction of sp³-hybridized carbons (Fsp3) is 0.250. The van der Waals surface area contributed by atoms with Crippen molar-refractivity contribution in [2.45, 2.75) is 6.92 Å². The van der Waals surface area contributed by atoms with Crippen LogP contribution >= 0.6 is 0 Å². The van der Waals surface area contributed by atoms with E-state index in [1.807, 2.05) is 13.0 Å². The summed E-state index contributed by atoms with van der Waals surface area (Å²) in [6, 6.07) is 1.97. The van der Waals surface area contributed by atoms with Crippen molar-refractivity contribution in [3.05, 3.63) is 11.9 Å². The Morgan fingerprint density at radius 2 is 2.47 bits per heavy atom. The quantitative estimate of drug-likeness (QED) is 0.712. The summed E-state index contributed by atoms with van der Waals surface area (Å²) in [5.74, 6) is 0.638. The van der Waals surface area contributed by atoms with Crippen LogP contribution in [0.15, 0.2) is 6.20 Å². The molecule has 0 aliphatic heterocycles. The van der Waals surface area contributed by atoms with Crippen molar-refractivity contribution in [1.29, 1.82) is 5.26 Å². The van der Waals surface area contributed by atoms with Crippen LogP contribution in [-0.2, 0) is 0 Å². The predicted octanol–water partition coefficient (Wildman–Crippen LogP) is 0.00998. The minimum atomic E-state index is 0.105. The Hall–Kier alpha value is -2.36. The van der Waals surface area contributed by atoms with Crippen LogP contribution in [0.25, 0.3) is 5.65 Å². The average Bonchev–Trinajstić information content (AvgIpc) is 2.61. The number of imidazole rings is 1. The maximum atomic E-state index is 8.80. The molecule has 3 N–H and O–H groups in total. The number of aromatic nitrogens is 4. The van der Waals surface area contributed by atoms with Gasteiger partial charge in [0.15, 0.2) is 17.2 Å². The van der Waals surface area contributed by atoms with Crippen LogP contribution in [0.1, 0.15) is 12.6 Å². The minimum absolute atomic E-state index is 0.105. The largest absolute Gasteiger partial charge is 0.367 e. The molecule has 2 aromatic heterocycles. The molecule has 0 aliphatic rings. The molecule has 0 amide bonds. The van der Waals surface area contributed by atoms with Gasteiger partial charge in [0, 0.05) is 6.54 Å². The van der Waals surface area contributed by atoms with E-state index in [1.54, 1.807) is 0 Å². The van der Waals surface area contributed by atoms with Gasteiger partial charge in [-0.25, -0.2) is 4.98 Å². The second-order valence-corrected chi connectivity index (χ2v) is 2.84. The molecule has 0 atom stereocenters. The van der Waals surface area contributed by atoms with Gasteiger partial charge in [0.05, 0.1) is 6.20 Å². The van der Waals surface area contributed by atoms with E-state index in [2.05, 4.69) is 20.4 Å². The topological polar surface area (TPSA) is 105 Å². The monoisotopic (exact) mass is 203 g/mol. The Morgan fingerprint density at radius 1 is 1.67 bits per heavy atom. The smallest absolute Gasteiger partial charge is 0.240 e. The van der Waals surface area contributed by atoms with Crippen molar-refractivity contribution in [1.82, 2.24) is 19.6 Å². The van der Waals surface area contributed by atoms with Crippen LogP contribution in [0.4, 0.5) is 11.8 Å². The first-order valence-corrected chi connectivity index (χ1v) is 4.41. The molecule has 0 aliphatic carbocycles. The minimum Gasteiger partial charge on any atom is -0.367 e. The van der Waals surface area contributed by atoms with Gasteiger partial charge in [0.1, 0.15) is 6.07 Å². The fourth-order valence-corrected chi connectivity index (χ4v) is 1.26. The number of rotatable bonds is 2. The van der Waals surface area contributed by atoms with Gasteiger partial charge >= 0.3 is 0 Å². The van der Waals surface area contributed by atoms with Gasteiger partial charge in [-0.3, -0.25) is 0 Å². The summed E-state index contributed by atoms with van der Waals surface area (Å²) in [6.45, 7) is 2.63. The Morgan fingerprint density at radius 3 is 3.13 bits per heavy atom. The number of nitriles is 1. The number of fused-ring (bicyclic) bond motifs is 1. The number of anilines is 2. The van der Waals surface area contributed by atoms with Crippen LogP contribution in [0.2, 0.25) is 0 Å². The third kappa shape index (κ3) is 1.42. The van der Waals surface area contributed by atoms with E-state index in [0.717, 1.165) is 0 Å². The predicted molar refractivity (Wildman–Crippen MR) is 54.1 cm³/mol. The Labute approximate surface area is 85.6 Å². The highest BCUT2D eigenvalue weighted by atomic mass is 15.3. The van der Waals surface area contributed by atoms with Crippen molar-refractivity contribution in [3.8, 4) is 6.07 Å². The number of nitrogens with two attached hydrogens (primary N) is 1. The summed E-state index contributed by atoms with van der Waals surface area (Å²) in [4.78, 5) is 8.05. The molecule has 0 saturated heterocycles. The summed E-state index contributed by atoms with van der Waals surface area (Å²) in [7, 11) is 0. The van der Waals surface area contributed by atoms with Crippen LogP contribution < -0.4 is 11.1 Å². The van der Waals surface area contributed by atoms with E-state index >= 15 is 0 Å². The Kier molecular flexibility index (Phi) is 2.10. The molecule has 0 unspecified atom stereocenters. The van der Waals surface area contributed by atoms with Crippen molar-refractivity contribution in [2.24, 2.45) is 0 Å². The first-order chi connectivity index (χ1) is 7.26. The average molecular weight is 203 g/mol. The van der Waals surface area contributed by atoms with E-state index < -0.39 is 0 Å². The summed E-state index contributed by atoms with van der Waals surface area (Å²) < 4.78 is 1.38. The number of hydrogen-bond acceptors (Lipinski definition) is 6. The molecule has 76 valence electrons. The van der Waals surface area contributed by atoms with Crippen molar-refractivity contribution in [2.75, 3.05) is 17.6 Å². The van der Waals surface area contributed by atoms with Gasteiger partial charge in [-0.1, -0.05) is 0 Å². The highest BCUT2D eigenvalue weighted by Gasteiger charge is 2.10. The number of nitrogen functional groups attached to an aromatic ring is 1. The van der Waals surface area contributed by atoms with Gasteiger partial charge in [0.25, 0.3) is 0 Å². The standard InChI is InChI=1S/C8H9N7/c1-2-11-6-7-12-4-5(3-9)15(7)14-8(10)13-6/h4H,2H2,1H3,(H3,10,11,13,14). The molecule has 0 bridgehead atoms. The summed E-state index contributed by atoms with van der Waals surface area (Å²) in [5.41, 5.74) is 6.35. The summed E-state index contributed by atoms with van der Waals surface area (Å²) in [5, 5.41) is 15.7. The number of nitrogens with zero attached hydrogens (tertiary/aromatic N) is 5. The molecule has 2 rings (SSSR count). The zero-order valence-corrected chi connectivity index (χ0v) is 8.10. The van der Waals surface area contributed by atoms with E-state index in [1.165, 1.54) is 10.7 Å². The number of hydrogen-bond donors (Lipinski definition) is 2. The maximum Gasteiger partial charge on any atom is 0.240 e. The van der Waals surface area contributed by atoms with E-state index in [0.29, 0.717) is 23.7 Å². The summed E-state index contributed by atoms with van der Waals surface area (Å²) >= 11 is 0. The zero-order chi connectivity index (χ0) is 10.8. The van der Waals surface area contributed by atoms with E-state index in [-0.39, 0.29) is 5.95 Å². The summed E-state index contributed by atoms with van der Waals surface area (Å²) in [6.07, 6.45) is 1.43. The van der Waals surface area contributed by atoms with Gasteiger partial charge in [-0.05, 0) is 6.92 Å². The van der Waals surface area contributed by atoms with E-state index in [4.69, 9.17) is 11.0 Å². The van der Waals surface area contributed by atoms with Gasteiger partial charge < -0.3 is 11.1 Å². The lowest BCUT2D eigenvalue weighted by atomic mass is 10.5. The molecular weight excluding hydrogens is 194 g/mol. The molecule has 7 heteroatoms. The first-order valence-electron chi connectivity index (χ1n) is 4.41. The highest BCUT2D eigenvalue weighted by Crippen LogP contribution is 2.13. The molecule has 2 heterocycles. The third-order valence-corrected chi connectivity index (χ3v) is 1.84. The van der Waals surface area contributed by atoms with Gasteiger partial charge in [0.2, 0.25) is 5.95 Å². The van der Waals surface area contributed by atoms with Crippen molar-refractivity contribution in [3.63, 3.8) is 0 Å². The lowest BCUT2D eigenvalue weighted by molar-refractivity contribution is 0.897. The van der Waals surface area contributed by atoms with Crippen molar-refractivity contribution >= 4 is 17.4 Å². The van der Waals surface area contributed by atoms with Crippen LogP contribution in [0.3, 0.4) is 0 Å². The number of nitrogens with one attached hydrogen (secondary N) is 1. The van der Waals surface area contributed by atoms with Crippen LogP contribution in [-0.4, -0.2) is 26.1 Å². The molecule has 15 heavy (non-hydrogen) atoms. The second kappa shape index (κ2) is 3.42. The molecule has 0 radical (unpaired) electrons. The second-order valence-electron chi connectivity index (χ2n) is 2.84. The molecule has 0 aromatic carbocycles. The maximum absolute atomic E-state index is 8.80.